The number of carbonyl (C=O) groups excluding carboxylic acids is 1. The second-order valence-electron chi connectivity index (χ2n) is 10.5. The smallest absolute Gasteiger partial charge is 0.410 e. The standard InChI is InChI=1S/C27H31N7O4S/c1-27(2,3)38-26(35)32(4)18-12-15-33(16-18)22-11-14-29-24-23(22)20(21-10-13-30-25(28)31-21)17-34(24)39(36,37)19-8-6-5-7-9-19/h5-11,13-14,17-18H,12,15-16H2,1-4H3,(H2,28,30,31)/t18-/m0/s1. The number of fused-ring (bicyclic) bond motifs is 1. The first kappa shape index (κ1) is 26.4. The number of rotatable bonds is 5. The molecule has 204 valence electrons. The van der Waals surface area contributed by atoms with Crippen LogP contribution in [-0.2, 0) is 14.8 Å². The molecule has 1 atom stereocenters. The summed E-state index contributed by atoms with van der Waals surface area (Å²) >= 11 is 0. The number of amides is 1. The molecule has 1 fully saturated rings. The van der Waals surface area contributed by atoms with E-state index in [1.807, 2.05) is 26.8 Å². The van der Waals surface area contributed by atoms with Gasteiger partial charge in [0.1, 0.15) is 5.60 Å². The molecule has 0 spiro atoms. The van der Waals surface area contributed by atoms with E-state index in [1.54, 1.807) is 54.5 Å². The van der Waals surface area contributed by atoms with Gasteiger partial charge >= 0.3 is 6.09 Å². The van der Waals surface area contributed by atoms with Gasteiger partial charge in [0, 0.05) is 44.3 Å². The Kier molecular flexibility index (Phi) is 6.67. The highest BCUT2D eigenvalue weighted by Gasteiger charge is 2.33. The van der Waals surface area contributed by atoms with Crippen molar-refractivity contribution in [2.45, 2.75) is 43.7 Å². The Hall–Kier alpha value is -4.19. The molecule has 1 saturated heterocycles. The third-order valence-electron chi connectivity index (χ3n) is 6.62. The Labute approximate surface area is 227 Å². The second-order valence-corrected chi connectivity index (χ2v) is 12.3. The van der Waals surface area contributed by atoms with Crippen molar-refractivity contribution < 1.29 is 17.9 Å². The first-order valence-corrected chi connectivity index (χ1v) is 14.0. The number of anilines is 2. The lowest BCUT2D eigenvalue weighted by molar-refractivity contribution is 0.0238. The number of aromatic nitrogens is 4. The van der Waals surface area contributed by atoms with Crippen LogP contribution in [0, 0.1) is 0 Å². The van der Waals surface area contributed by atoms with Gasteiger partial charge < -0.3 is 20.3 Å². The van der Waals surface area contributed by atoms with Gasteiger partial charge in [0.25, 0.3) is 10.0 Å². The van der Waals surface area contributed by atoms with Crippen molar-refractivity contribution in [1.29, 1.82) is 0 Å². The molecule has 1 amide bonds. The summed E-state index contributed by atoms with van der Waals surface area (Å²) in [5, 5.41) is 0.621. The molecule has 4 heterocycles. The van der Waals surface area contributed by atoms with E-state index >= 15 is 0 Å². The molecular weight excluding hydrogens is 518 g/mol. The fourth-order valence-corrected chi connectivity index (χ4v) is 6.08. The Morgan fingerprint density at radius 1 is 1.10 bits per heavy atom. The highest BCUT2D eigenvalue weighted by atomic mass is 32.2. The van der Waals surface area contributed by atoms with Crippen molar-refractivity contribution in [1.82, 2.24) is 23.8 Å². The van der Waals surface area contributed by atoms with Crippen LogP contribution in [0.25, 0.3) is 22.3 Å². The number of benzene rings is 1. The van der Waals surface area contributed by atoms with Crippen LogP contribution >= 0.6 is 0 Å². The molecule has 0 aliphatic carbocycles. The van der Waals surface area contributed by atoms with E-state index < -0.39 is 15.6 Å². The third kappa shape index (κ3) is 5.11. The Morgan fingerprint density at radius 2 is 1.82 bits per heavy atom. The van der Waals surface area contributed by atoms with Crippen molar-refractivity contribution in [3.05, 3.63) is 61.1 Å². The molecule has 12 heteroatoms. The summed E-state index contributed by atoms with van der Waals surface area (Å²) in [6.07, 6.45) is 5.00. The number of likely N-dealkylation sites (N-methyl/N-ethyl adjacent to an activating group) is 1. The van der Waals surface area contributed by atoms with Crippen LogP contribution in [0.5, 0.6) is 0 Å². The fraction of sp³-hybridized carbons (Fsp3) is 0.333. The van der Waals surface area contributed by atoms with Crippen molar-refractivity contribution in [2.24, 2.45) is 0 Å². The molecule has 1 aliphatic heterocycles. The van der Waals surface area contributed by atoms with Gasteiger partial charge in [-0.1, -0.05) is 18.2 Å². The molecule has 1 aliphatic rings. The lowest BCUT2D eigenvalue weighted by Gasteiger charge is -2.29. The predicted molar refractivity (Wildman–Crippen MR) is 149 cm³/mol. The molecule has 39 heavy (non-hydrogen) atoms. The summed E-state index contributed by atoms with van der Waals surface area (Å²) in [5.41, 5.74) is 7.39. The highest BCUT2D eigenvalue weighted by molar-refractivity contribution is 7.90. The predicted octanol–water partition coefficient (Wildman–Crippen LogP) is 3.76. The van der Waals surface area contributed by atoms with Crippen LogP contribution in [0.2, 0.25) is 0 Å². The van der Waals surface area contributed by atoms with Gasteiger partial charge in [-0.05, 0) is 51.5 Å². The van der Waals surface area contributed by atoms with Crippen LogP contribution < -0.4 is 10.6 Å². The van der Waals surface area contributed by atoms with Crippen molar-refractivity contribution in [3.63, 3.8) is 0 Å². The second kappa shape index (κ2) is 9.84. The number of hydrogen-bond acceptors (Lipinski definition) is 9. The zero-order valence-electron chi connectivity index (χ0n) is 22.3. The van der Waals surface area contributed by atoms with Gasteiger partial charge in [-0.15, -0.1) is 0 Å². The topological polar surface area (TPSA) is 137 Å². The van der Waals surface area contributed by atoms with Gasteiger partial charge in [0.05, 0.1) is 27.7 Å². The number of ether oxygens (including phenoxy) is 1. The first-order valence-electron chi connectivity index (χ1n) is 12.6. The van der Waals surface area contributed by atoms with Crippen molar-refractivity contribution >= 4 is 38.8 Å². The minimum Gasteiger partial charge on any atom is -0.444 e. The Balaban J connectivity index is 1.60. The average Bonchev–Trinajstić information content (AvgIpc) is 3.54. The summed E-state index contributed by atoms with van der Waals surface area (Å²) in [5.74, 6) is 0.0741. The van der Waals surface area contributed by atoms with E-state index in [4.69, 9.17) is 10.5 Å². The molecule has 0 unspecified atom stereocenters. The summed E-state index contributed by atoms with van der Waals surface area (Å²) in [6, 6.07) is 11.7. The average molecular weight is 550 g/mol. The van der Waals surface area contributed by atoms with Crippen LogP contribution in [-0.4, -0.2) is 70.1 Å². The van der Waals surface area contributed by atoms with Gasteiger partial charge in [0.15, 0.2) is 5.65 Å². The number of nitrogens with zero attached hydrogens (tertiary/aromatic N) is 6. The number of hydrogen-bond donors (Lipinski definition) is 1. The third-order valence-corrected chi connectivity index (χ3v) is 8.28. The van der Waals surface area contributed by atoms with E-state index in [-0.39, 0.29) is 28.6 Å². The van der Waals surface area contributed by atoms with Crippen LogP contribution in [0.1, 0.15) is 27.2 Å². The quantitative estimate of drug-likeness (QED) is 0.394. The first-order chi connectivity index (χ1) is 18.5. The number of carbonyl (C=O) groups is 1. The highest BCUT2D eigenvalue weighted by Crippen LogP contribution is 2.39. The zero-order chi connectivity index (χ0) is 27.9. The Morgan fingerprint density at radius 3 is 2.51 bits per heavy atom. The van der Waals surface area contributed by atoms with Crippen LogP contribution in [0.3, 0.4) is 0 Å². The maximum Gasteiger partial charge on any atom is 0.410 e. The number of pyridine rings is 1. The summed E-state index contributed by atoms with van der Waals surface area (Å²) in [7, 11) is -2.23. The molecule has 1 aromatic carbocycles. The van der Waals surface area contributed by atoms with E-state index in [1.165, 1.54) is 16.4 Å². The minimum absolute atomic E-state index is 0.0741. The summed E-state index contributed by atoms with van der Waals surface area (Å²) in [6.45, 7) is 6.70. The maximum atomic E-state index is 13.7. The normalized spacial score (nSPS) is 16.0. The largest absolute Gasteiger partial charge is 0.444 e. The van der Waals surface area contributed by atoms with Crippen molar-refractivity contribution in [3.8, 4) is 11.3 Å². The molecule has 2 N–H and O–H groups in total. The van der Waals surface area contributed by atoms with E-state index in [2.05, 4.69) is 19.9 Å². The van der Waals surface area contributed by atoms with Crippen LogP contribution in [0.4, 0.5) is 16.4 Å². The maximum absolute atomic E-state index is 13.7. The lowest BCUT2D eigenvalue weighted by atomic mass is 10.1. The number of nitrogen functional groups attached to an aromatic ring is 1. The number of nitrogens with two attached hydrogens (primary N) is 1. The van der Waals surface area contributed by atoms with E-state index in [0.29, 0.717) is 29.7 Å². The molecule has 11 nitrogen and oxygen atoms in total. The van der Waals surface area contributed by atoms with Crippen LogP contribution in [0.15, 0.2) is 66.0 Å². The van der Waals surface area contributed by atoms with Gasteiger partial charge in [0.2, 0.25) is 5.95 Å². The molecular formula is C27H31N7O4S. The minimum atomic E-state index is -3.96. The Bertz CT molecular complexity index is 1630. The molecule has 4 aromatic rings. The zero-order valence-corrected chi connectivity index (χ0v) is 23.1. The molecule has 5 rings (SSSR count). The molecule has 0 radical (unpaired) electrons. The van der Waals surface area contributed by atoms with Gasteiger partial charge in [-0.2, -0.15) is 0 Å². The van der Waals surface area contributed by atoms with E-state index in [0.717, 1.165) is 12.1 Å². The SMILES string of the molecule is CN(C(=O)OC(C)(C)C)[C@H]1CCN(c2ccnc3c2c(-c2ccnc(N)n2)cn3S(=O)(=O)c2ccccc2)C1. The van der Waals surface area contributed by atoms with Gasteiger partial charge in [-0.3, -0.25) is 0 Å². The molecule has 3 aromatic heterocycles. The monoisotopic (exact) mass is 549 g/mol. The summed E-state index contributed by atoms with van der Waals surface area (Å²) in [4.78, 5) is 29.4. The fourth-order valence-electron chi connectivity index (χ4n) is 4.74. The molecule has 0 saturated carbocycles. The lowest BCUT2D eigenvalue weighted by Crippen LogP contribution is -2.42. The van der Waals surface area contributed by atoms with Crippen molar-refractivity contribution in [2.75, 3.05) is 30.8 Å². The summed E-state index contributed by atoms with van der Waals surface area (Å²) < 4.78 is 34.2. The molecule has 0 bridgehead atoms. The van der Waals surface area contributed by atoms with E-state index in [9.17, 15) is 13.2 Å². The van der Waals surface area contributed by atoms with Gasteiger partial charge in [-0.25, -0.2) is 32.1 Å².